The molecule has 1 aromatic heterocycles. The number of amides is 1. The second kappa shape index (κ2) is 6.46. The summed E-state index contributed by atoms with van der Waals surface area (Å²) in [4.78, 5) is 18.1. The molecule has 1 amide bonds. The van der Waals surface area contributed by atoms with E-state index in [-0.39, 0.29) is 12.1 Å². The number of nitrogens with zero attached hydrogens (tertiary/aromatic N) is 2. The fourth-order valence-corrected chi connectivity index (χ4v) is 2.94. The van der Waals surface area contributed by atoms with Gasteiger partial charge in [-0.25, -0.2) is 4.79 Å². The molecule has 2 aliphatic rings. The van der Waals surface area contributed by atoms with Crippen molar-refractivity contribution >= 4 is 6.09 Å². The van der Waals surface area contributed by atoms with E-state index >= 15 is 0 Å². The van der Waals surface area contributed by atoms with Gasteiger partial charge in [-0.1, -0.05) is 6.08 Å². The van der Waals surface area contributed by atoms with Crippen molar-refractivity contribution in [1.82, 2.24) is 9.88 Å². The van der Waals surface area contributed by atoms with Gasteiger partial charge < -0.3 is 14.4 Å². The summed E-state index contributed by atoms with van der Waals surface area (Å²) in [6.07, 6.45) is 7.45. The van der Waals surface area contributed by atoms with Crippen molar-refractivity contribution < 1.29 is 14.3 Å². The highest BCUT2D eigenvalue weighted by molar-refractivity contribution is 5.69. The van der Waals surface area contributed by atoms with Crippen LogP contribution in [0.5, 0.6) is 5.75 Å². The Morgan fingerprint density at radius 1 is 1.46 bits per heavy atom. The highest BCUT2D eigenvalue weighted by Gasteiger charge is 2.37. The Morgan fingerprint density at radius 3 is 2.83 bits per heavy atom. The van der Waals surface area contributed by atoms with Crippen LogP contribution in [0.1, 0.15) is 45.1 Å². The number of aromatic nitrogens is 1. The van der Waals surface area contributed by atoms with E-state index in [1.54, 1.807) is 11.1 Å². The van der Waals surface area contributed by atoms with Gasteiger partial charge in [-0.2, -0.15) is 0 Å². The molecule has 0 aromatic carbocycles. The standard InChI is InChI=1S/C19H26N2O3/c1-5-13-9-17(13)14-8-16(11-20-10-14)23-12-15-6-7-21(15)18(22)24-19(2,3)4/h5,8,10-11,13,15,17H,1,6-7,9,12H2,2-4H3. The number of rotatable bonds is 5. The molecule has 5 heteroatoms. The van der Waals surface area contributed by atoms with Crippen molar-refractivity contribution in [2.24, 2.45) is 5.92 Å². The zero-order valence-corrected chi connectivity index (χ0v) is 14.7. The van der Waals surface area contributed by atoms with Crippen molar-refractivity contribution in [3.05, 3.63) is 36.7 Å². The monoisotopic (exact) mass is 330 g/mol. The second-order valence-electron chi connectivity index (χ2n) is 7.62. The highest BCUT2D eigenvalue weighted by atomic mass is 16.6. The van der Waals surface area contributed by atoms with Crippen LogP contribution in [0.3, 0.4) is 0 Å². The molecule has 24 heavy (non-hydrogen) atoms. The van der Waals surface area contributed by atoms with Crippen LogP contribution in [0, 0.1) is 5.92 Å². The summed E-state index contributed by atoms with van der Waals surface area (Å²) in [6.45, 7) is 10.7. The predicted molar refractivity (Wildman–Crippen MR) is 92.1 cm³/mol. The Hall–Kier alpha value is -2.04. The lowest BCUT2D eigenvalue weighted by molar-refractivity contribution is -0.0141. The number of hydrogen-bond donors (Lipinski definition) is 0. The molecule has 3 unspecified atom stereocenters. The maximum absolute atomic E-state index is 12.1. The summed E-state index contributed by atoms with van der Waals surface area (Å²) in [7, 11) is 0. The van der Waals surface area contributed by atoms with Gasteiger partial charge in [0.2, 0.25) is 0 Å². The van der Waals surface area contributed by atoms with Crippen LogP contribution < -0.4 is 4.74 Å². The Kier molecular flexibility index (Phi) is 4.52. The van der Waals surface area contributed by atoms with Crippen LogP contribution in [-0.2, 0) is 4.74 Å². The molecular formula is C19H26N2O3. The molecule has 5 nitrogen and oxygen atoms in total. The molecule has 0 bridgehead atoms. The third-order valence-electron chi connectivity index (χ3n) is 4.52. The molecule has 1 saturated heterocycles. The summed E-state index contributed by atoms with van der Waals surface area (Å²) in [5.74, 6) is 1.86. The SMILES string of the molecule is C=CC1CC1c1cncc(OCC2CCN2C(=O)OC(C)(C)C)c1. The van der Waals surface area contributed by atoms with Gasteiger partial charge in [-0.05, 0) is 57.1 Å². The number of hydrogen-bond acceptors (Lipinski definition) is 4. The molecule has 0 spiro atoms. The number of likely N-dealkylation sites (tertiary alicyclic amines) is 1. The van der Waals surface area contributed by atoms with E-state index in [9.17, 15) is 4.79 Å². The minimum atomic E-state index is -0.470. The molecule has 1 aliphatic carbocycles. The lowest BCUT2D eigenvalue weighted by atomic mass is 10.1. The molecule has 2 heterocycles. The number of pyridine rings is 1. The predicted octanol–water partition coefficient (Wildman–Crippen LogP) is 3.76. The quantitative estimate of drug-likeness (QED) is 0.771. The van der Waals surface area contributed by atoms with E-state index < -0.39 is 5.60 Å². The smallest absolute Gasteiger partial charge is 0.410 e. The van der Waals surface area contributed by atoms with Crippen molar-refractivity contribution in [3.8, 4) is 5.75 Å². The lowest BCUT2D eigenvalue weighted by Gasteiger charge is -2.40. The normalized spacial score (nSPS) is 25.6. The van der Waals surface area contributed by atoms with E-state index in [1.807, 2.05) is 33.0 Å². The van der Waals surface area contributed by atoms with E-state index in [4.69, 9.17) is 9.47 Å². The van der Waals surface area contributed by atoms with Gasteiger partial charge in [-0.3, -0.25) is 4.98 Å². The van der Waals surface area contributed by atoms with Gasteiger partial charge >= 0.3 is 6.09 Å². The molecule has 1 saturated carbocycles. The van der Waals surface area contributed by atoms with E-state index in [1.165, 1.54) is 5.56 Å². The van der Waals surface area contributed by atoms with Crippen LogP contribution in [-0.4, -0.2) is 40.8 Å². The van der Waals surface area contributed by atoms with Crippen LogP contribution in [0.2, 0.25) is 0 Å². The molecule has 130 valence electrons. The van der Waals surface area contributed by atoms with Crippen LogP contribution in [0.15, 0.2) is 31.1 Å². The first-order chi connectivity index (χ1) is 11.4. The van der Waals surface area contributed by atoms with Crippen molar-refractivity contribution in [1.29, 1.82) is 0 Å². The first kappa shape index (κ1) is 16.8. The molecule has 3 atom stereocenters. The molecule has 1 aromatic rings. The third kappa shape index (κ3) is 3.89. The van der Waals surface area contributed by atoms with Gasteiger partial charge in [0.1, 0.15) is 18.0 Å². The molecule has 2 fully saturated rings. The first-order valence-corrected chi connectivity index (χ1v) is 8.57. The second-order valence-corrected chi connectivity index (χ2v) is 7.62. The van der Waals surface area contributed by atoms with Crippen molar-refractivity contribution in [3.63, 3.8) is 0 Å². The maximum Gasteiger partial charge on any atom is 0.410 e. The summed E-state index contributed by atoms with van der Waals surface area (Å²) in [6, 6.07) is 2.13. The van der Waals surface area contributed by atoms with Gasteiger partial charge in [0.25, 0.3) is 0 Å². The number of carbonyl (C=O) groups excluding carboxylic acids is 1. The lowest BCUT2D eigenvalue weighted by Crippen LogP contribution is -2.55. The van der Waals surface area contributed by atoms with E-state index in [0.29, 0.717) is 18.4 Å². The van der Waals surface area contributed by atoms with Gasteiger partial charge in [-0.15, -0.1) is 6.58 Å². The molecule has 1 aliphatic heterocycles. The fourth-order valence-electron chi connectivity index (χ4n) is 2.94. The Labute approximate surface area is 143 Å². The van der Waals surface area contributed by atoms with Crippen LogP contribution in [0.25, 0.3) is 0 Å². The Bertz CT molecular complexity index is 623. The third-order valence-corrected chi connectivity index (χ3v) is 4.52. The minimum Gasteiger partial charge on any atom is -0.490 e. The van der Waals surface area contributed by atoms with Crippen molar-refractivity contribution in [2.45, 2.75) is 51.2 Å². The topological polar surface area (TPSA) is 51.7 Å². The zero-order valence-electron chi connectivity index (χ0n) is 14.7. The average molecular weight is 330 g/mol. The molecule has 0 radical (unpaired) electrons. The largest absolute Gasteiger partial charge is 0.490 e. The van der Waals surface area contributed by atoms with Gasteiger partial charge in [0.15, 0.2) is 0 Å². The summed E-state index contributed by atoms with van der Waals surface area (Å²) >= 11 is 0. The molecule has 0 N–H and O–H groups in total. The number of allylic oxidation sites excluding steroid dienone is 1. The van der Waals surface area contributed by atoms with E-state index in [0.717, 1.165) is 25.1 Å². The zero-order chi connectivity index (χ0) is 17.3. The summed E-state index contributed by atoms with van der Waals surface area (Å²) in [5, 5.41) is 0. The average Bonchev–Trinajstić information content (AvgIpc) is 3.24. The fraction of sp³-hybridized carbons (Fsp3) is 0.579. The molecule has 3 rings (SSSR count). The highest BCUT2D eigenvalue weighted by Crippen LogP contribution is 2.48. The summed E-state index contributed by atoms with van der Waals surface area (Å²) < 4.78 is 11.3. The van der Waals surface area contributed by atoms with Gasteiger partial charge in [0.05, 0.1) is 12.2 Å². The van der Waals surface area contributed by atoms with Gasteiger partial charge in [0, 0.05) is 12.7 Å². The maximum atomic E-state index is 12.1. The van der Waals surface area contributed by atoms with Crippen LogP contribution >= 0.6 is 0 Å². The Morgan fingerprint density at radius 2 is 2.25 bits per heavy atom. The van der Waals surface area contributed by atoms with Crippen LogP contribution in [0.4, 0.5) is 4.79 Å². The minimum absolute atomic E-state index is 0.0744. The van der Waals surface area contributed by atoms with E-state index in [2.05, 4.69) is 17.6 Å². The molecular weight excluding hydrogens is 304 g/mol. The Balaban J connectivity index is 1.52. The number of carbonyl (C=O) groups is 1. The number of ether oxygens (including phenoxy) is 2. The van der Waals surface area contributed by atoms with Crippen molar-refractivity contribution in [2.75, 3.05) is 13.2 Å². The summed E-state index contributed by atoms with van der Waals surface area (Å²) in [5.41, 5.74) is 0.734. The first-order valence-electron chi connectivity index (χ1n) is 8.57.